The molecule has 1 aromatic rings. The van der Waals surface area contributed by atoms with E-state index in [0.29, 0.717) is 0 Å². The van der Waals surface area contributed by atoms with Crippen molar-refractivity contribution in [1.29, 1.82) is 0 Å². The fourth-order valence-electron chi connectivity index (χ4n) is 0.847. The van der Waals surface area contributed by atoms with E-state index in [2.05, 4.69) is 5.32 Å². The second-order valence-corrected chi connectivity index (χ2v) is 2.88. The highest BCUT2D eigenvalue weighted by molar-refractivity contribution is 5.94. The van der Waals surface area contributed by atoms with Gasteiger partial charge >= 0.3 is 0 Å². The summed E-state index contributed by atoms with van der Waals surface area (Å²) in [6.07, 6.45) is 0. The number of rotatable bonds is 2. The molecular weight excluding hydrogens is 190 g/mol. The summed E-state index contributed by atoms with van der Waals surface area (Å²) in [5.41, 5.74) is 5.04. The van der Waals surface area contributed by atoms with E-state index in [4.69, 9.17) is 5.73 Å². The summed E-state index contributed by atoms with van der Waals surface area (Å²) in [7, 11) is 0. The minimum absolute atomic E-state index is 0.202. The Morgan fingerprint density at radius 3 is 2.71 bits per heavy atom. The Morgan fingerprint density at radius 1 is 1.50 bits per heavy atom. The summed E-state index contributed by atoms with van der Waals surface area (Å²) < 4.78 is 25.7. The minimum atomic E-state index is -1.08. The molecule has 1 amide bonds. The third kappa shape index (κ3) is 2.26. The van der Waals surface area contributed by atoms with Crippen LogP contribution in [0.4, 0.5) is 14.5 Å². The number of nitrogens with one attached hydrogen (secondary N) is 1. The molecule has 5 heteroatoms. The molecule has 0 saturated carbocycles. The average molecular weight is 200 g/mol. The van der Waals surface area contributed by atoms with Gasteiger partial charge in [0.25, 0.3) is 0 Å². The molecule has 0 aliphatic carbocycles. The number of hydrogen-bond donors (Lipinski definition) is 2. The largest absolute Gasteiger partial charge is 0.322 e. The molecule has 0 aliphatic rings. The van der Waals surface area contributed by atoms with Crippen molar-refractivity contribution in [2.45, 2.75) is 13.0 Å². The number of halogens is 2. The molecular formula is C9H10F2N2O. The smallest absolute Gasteiger partial charge is 0.241 e. The lowest BCUT2D eigenvalue weighted by atomic mass is 10.2. The second kappa shape index (κ2) is 4.15. The van der Waals surface area contributed by atoms with Gasteiger partial charge in [-0.1, -0.05) is 6.07 Å². The molecule has 1 atom stereocenters. The monoisotopic (exact) mass is 200 g/mol. The van der Waals surface area contributed by atoms with Gasteiger partial charge in [-0.2, -0.15) is 0 Å². The van der Waals surface area contributed by atoms with E-state index >= 15 is 0 Å². The van der Waals surface area contributed by atoms with Gasteiger partial charge in [-0.3, -0.25) is 4.79 Å². The van der Waals surface area contributed by atoms with Crippen molar-refractivity contribution in [3.63, 3.8) is 0 Å². The van der Waals surface area contributed by atoms with E-state index in [0.717, 1.165) is 6.07 Å². The molecule has 1 rings (SSSR count). The molecule has 0 saturated heterocycles. The quantitative estimate of drug-likeness (QED) is 0.754. The fourth-order valence-corrected chi connectivity index (χ4v) is 0.847. The number of anilines is 1. The van der Waals surface area contributed by atoms with Crippen molar-refractivity contribution in [1.82, 2.24) is 0 Å². The molecule has 0 aromatic heterocycles. The average Bonchev–Trinajstić information content (AvgIpc) is 2.12. The number of nitrogens with two attached hydrogens (primary N) is 1. The molecule has 0 heterocycles. The Bertz CT molecular complexity index is 353. The maximum Gasteiger partial charge on any atom is 0.241 e. The van der Waals surface area contributed by atoms with E-state index in [9.17, 15) is 13.6 Å². The molecule has 0 unspecified atom stereocenters. The van der Waals surface area contributed by atoms with Gasteiger partial charge in [0, 0.05) is 0 Å². The molecule has 0 bridgehead atoms. The number of carbonyl (C=O) groups excluding carboxylic acids is 1. The van der Waals surface area contributed by atoms with Crippen LogP contribution in [0.1, 0.15) is 6.92 Å². The molecule has 0 fully saturated rings. The van der Waals surface area contributed by atoms with Crippen LogP contribution in [0.15, 0.2) is 18.2 Å². The lowest BCUT2D eigenvalue weighted by Gasteiger charge is -2.08. The van der Waals surface area contributed by atoms with Crippen LogP contribution in [0.2, 0.25) is 0 Å². The van der Waals surface area contributed by atoms with Gasteiger partial charge in [0.1, 0.15) is 0 Å². The topological polar surface area (TPSA) is 55.1 Å². The van der Waals surface area contributed by atoms with Crippen molar-refractivity contribution in [2.24, 2.45) is 5.73 Å². The van der Waals surface area contributed by atoms with Crippen molar-refractivity contribution in [3.8, 4) is 0 Å². The van der Waals surface area contributed by atoms with Crippen LogP contribution in [0.25, 0.3) is 0 Å². The van der Waals surface area contributed by atoms with Crippen LogP contribution in [-0.4, -0.2) is 11.9 Å². The van der Waals surface area contributed by atoms with E-state index in [1.807, 2.05) is 0 Å². The van der Waals surface area contributed by atoms with E-state index < -0.39 is 23.6 Å². The molecule has 0 radical (unpaired) electrons. The highest BCUT2D eigenvalue weighted by Gasteiger charge is 2.12. The molecule has 3 N–H and O–H groups in total. The van der Waals surface area contributed by atoms with E-state index in [-0.39, 0.29) is 5.69 Å². The maximum absolute atomic E-state index is 13.0. The summed E-state index contributed by atoms with van der Waals surface area (Å²) in [5, 5.41) is 2.17. The zero-order chi connectivity index (χ0) is 10.7. The standard InChI is InChI=1S/C9H10F2N2O/c1-5(12)9(14)13-7-4-2-3-6(10)8(7)11/h2-5H,12H2,1H3,(H,13,14)/t5-/m1/s1. The lowest BCUT2D eigenvalue weighted by molar-refractivity contribution is -0.117. The molecule has 1 aromatic carbocycles. The summed E-state index contributed by atoms with van der Waals surface area (Å²) in [6.45, 7) is 1.45. The highest BCUT2D eigenvalue weighted by atomic mass is 19.2. The predicted molar refractivity (Wildman–Crippen MR) is 48.6 cm³/mol. The number of carbonyl (C=O) groups is 1. The van der Waals surface area contributed by atoms with Gasteiger partial charge in [-0.25, -0.2) is 8.78 Å². The number of amides is 1. The fraction of sp³-hybridized carbons (Fsp3) is 0.222. The zero-order valence-corrected chi connectivity index (χ0v) is 7.55. The molecule has 76 valence electrons. The first-order valence-electron chi connectivity index (χ1n) is 4.03. The molecule has 14 heavy (non-hydrogen) atoms. The second-order valence-electron chi connectivity index (χ2n) is 2.88. The van der Waals surface area contributed by atoms with Crippen LogP contribution < -0.4 is 11.1 Å². The van der Waals surface area contributed by atoms with Gasteiger partial charge in [0.2, 0.25) is 5.91 Å². The molecule has 3 nitrogen and oxygen atoms in total. The molecule has 0 spiro atoms. The Kier molecular flexibility index (Phi) is 3.14. The minimum Gasteiger partial charge on any atom is -0.322 e. The van der Waals surface area contributed by atoms with Gasteiger partial charge in [0.05, 0.1) is 11.7 Å². The van der Waals surface area contributed by atoms with E-state index in [1.165, 1.54) is 19.1 Å². The van der Waals surface area contributed by atoms with Crippen LogP contribution in [0.3, 0.4) is 0 Å². The van der Waals surface area contributed by atoms with Crippen molar-refractivity contribution in [2.75, 3.05) is 5.32 Å². The lowest BCUT2D eigenvalue weighted by Crippen LogP contribution is -2.32. The maximum atomic E-state index is 13.0. The van der Waals surface area contributed by atoms with E-state index in [1.54, 1.807) is 0 Å². The SMILES string of the molecule is C[C@@H](N)C(=O)Nc1cccc(F)c1F. The first-order valence-corrected chi connectivity index (χ1v) is 4.03. The number of hydrogen-bond acceptors (Lipinski definition) is 2. The Balaban J connectivity index is 2.87. The van der Waals surface area contributed by atoms with Gasteiger partial charge in [-0.15, -0.1) is 0 Å². The van der Waals surface area contributed by atoms with Crippen LogP contribution in [-0.2, 0) is 4.79 Å². The third-order valence-corrected chi connectivity index (χ3v) is 1.62. The summed E-state index contributed by atoms with van der Waals surface area (Å²) in [5.74, 6) is -2.65. The summed E-state index contributed by atoms with van der Waals surface area (Å²) >= 11 is 0. The van der Waals surface area contributed by atoms with Gasteiger partial charge in [0.15, 0.2) is 11.6 Å². The first kappa shape index (κ1) is 10.6. The first-order chi connectivity index (χ1) is 6.52. The zero-order valence-electron chi connectivity index (χ0n) is 7.55. The Morgan fingerprint density at radius 2 is 2.14 bits per heavy atom. The van der Waals surface area contributed by atoms with Crippen molar-refractivity contribution in [3.05, 3.63) is 29.8 Å². The third-order valence-electron chi connectivity index (χ3n) is 1.62. The van der Waals surface area contributed by atoms with Crippen LogP contribution >= 0.6 is 0 Å². The number of benzene rings is 1. The Hall–Kier alpha value is -1.49. The van der Waals surface area contributed by atoms with Gasteiger partial charge < -0.3 is 11.1 Å². The summed E-state index contributed by atoms with van der Waals surface area (Å²) in [4.78, 5) is 11.1. The summed E-state index contributed by atoms with van der Waals surface area (Å²) in [6, 6.07) is 2.77. The normalized spacial score (nSPS) is 12.3. The highest BCUT2D eigenvalue weighted by Crippen LogP contribution is 2.16. The van der Waals surface area contributed by atoms with Crippen LogP contribution in [0, 0.1) is 11.6 Å². The van der Waals surface area contributed by atoms with Crippen LogP contribution in [0.5, 0.6) is 0 Å². The predicted octanol–water partition coefficient (Wildman–Crippen LogP) is 1.25. The van der Waals surface area contributed by atoms with Gasteiger partial charge in [-0.05, 0) is 19.1 Å². The van der Waals surface area contributed by atoms with Crippen molar-refractivity contribution >= 4 is 11.6 Å². The Labute approximate surface area is 79.9 Å². The molecule has 0 aliphatic heterocycles. The van der Waals surface area contributed by atoms with Crippen molar-refractivity contribution < 1.29 is 13.6 Å².